The van der Waals surface area contributed by atoms with E-state index in [0.717, 1.165) is 24.0 Å². The van der Waals surface area contributed by atoms with E-state index in [1.807, 2.05) is 37.4 Å². The van der Waals surface area contributed by atoms with Gasteiger partial charge in [-0.25, -0.2) is 0 Å². The van der Waals surface area contributed by atoms with E-state index in [1.54, 1.807) is 6.07 Å². The molecule has 2 amide bonds. The van der Waals surface area contributed by atoms with Gasteiger partial charge in [0.15, 0.2) is 0 Å². The summed E-state index contributed by atoms with van der Waals surface area (Å²) in [7, 11) is 0. The van der Waals surface area contributed by atoms with Crippen LogP contribution >= 0.6 is 27.3 Å². The SMILES string of the molecule is CC(C)C(NC(=O)c1cccs1)C(=O)NCC1CCN(c2cccc(Br)c2)C1. The van der Waals surface area contributed by atoms with Crippen molar-refractivity contribution < 1.29 is 9.59 Å². The molecule has 3 rings (SSSR count). The fraction of sp³-hybridized carbons (Fsp3) is 0.429. The van der Waals surface area contributed by atoms with Crippen molar-refractivity contribution >= 4 is 44.8 Å². The summed E-state index contributed by atoms with van der Waals surface area (Å²) >= 11 is 4.90. The van der Waals surface area contributed by atoms with Gasteiger partial charge >= 0.3 is 0 Å². The summed E-state index contributed by atoms with van der Waals surface area (Å²) in [6.45, 7) is 6.43. The summed E-state index contributed by atoms with van der Waals surface area (Å²) in [5.41, 5.74) is 1.20. The van der Waals surface area contributed by atoms with E-state index in [-0.39, 0.29) is 17.7 Å². The molecule has 1 saturated heterocycles. The molecule has 1 aliphatic heterocycles. The molecule has 0 aliphatic carbocycles. The highest BCUT2D eigenvalue weighted by atomic mass is 79.9. The molecule has 5 nitrogen and oxygen atoms in total. The summed E-state index contributed by atoms with van der Waals surface area (Å²) in [6, 6.07) is 11.4. The number of amides is 2. The third-order valence-electron chi connectivity index (χ3n) is 5.00. The summed E-state index contributed by atoms with van der Waals surface area (Å²) in [5.74, 6) is 0.126. The van der Waals surface area contributed by atoms with Gasteiger partial charge < -0.3 is 15.5 Å². The molecule has 0 saturated carbocycles. The Kier molecular flexibility index (Phi) is 7.13. The molecule has 2 atom stereocenters. The fourth-order valence-electron chi connectivity index (χ4n) is 3.42. The highest BCUT2D eigenvalue weighted by Gasteiger charge is 2.27. The van der Waals surface area contributed by atoms with Crippen molar-refractivity contribution in [1.29, 1.82) is 0 Å². The monoisotopic (exact) mass is 463 g/mol. The second-order valence-electron chi connectivity index (χ2n) is 7.50. The summed E-state index contributed by atoms with van der Waals surface area (Å²) in [5, 5.41) is 7.79. The van der Waals surface area contributed by atoms with E-state index in [9.17, 15) is 9.59 Å². The summed E-state index contributed by atoms with van der Waals surface area (Å²) in [6.07, 6.45) is 1.04. The van der Waals surface area contributed by atoms with E-state index in [1.165, 1.54) is 17.0 Å². The maximum absolute atomic E-state index is 12.7. The maximum Gasteiger partial charge on any atom is 0.262 e. The van der Waals surface area contributed by atoms with E-state index in [4.69, 9.17) is 0 Å². The van der Waals surface area contributed by atoms with Crippen LogP contribution < -0.4 is 15.5 Å². The van der Waals surface area contributed by atoms with E-state index >= 15 is 0 Å². The predicted octanol–water partition coefficient (Wildman–Crippen LogP) is 3.91. The van der Waals surface area contributed by atoms with Crippen molar-refractivity contribution in [2.75, 3.05) is 24.5 Å². The van der Waals surface area contributed by atoms with E-state index in [0.29, 0.717) is 17.3 Å². The molecule has 1 aliphatic rings. The third kappa shape index (κ3) is 5.35. The van der Waals surface area contributed by atoms with Crippen molar-refractivity contribution in [3.8, 4) is 0 Å². The molecule has 2 unspecified atom stereocenters. The Morgan fingerprint density at radius 1 is 1.29 bits per heavy atom. The lowest BCUT2D eigenvalue weighted by molar-refractivity contribution is -0.124. The minimum Gasteiger partial charge on any atom is -0.371 e. The smallest absolute Gasteiger partial charge is 0.262 e. The quantitative estimate of drug-likeness (QED) is 0.654. The van der Waals surface area contributed by atoms with Gasteiger partial charge in [-0.05, 0) is 47.9 Å². The lowest BCUT2D eigenvalue weighted by atomic mass is 10.0. The molecule has 1 aromatic heterocycles. The van der Waals surface area contributed by atoms with Crippen LogP contribution in [-0.2, 0) is 4.79 Å². The second kappa shape index (κ2) is 9.56. The third-order valence-corrected chi connectivity index (χ3v) is 6.37. The summed E-state index contributed by atoms with van der Waals surface area (Å²) in [4.78, 5) is 28.0. The standard InChI is InChI=1S/C21H26BrN3O2S/c1-14(2)19(24-20(26)18-7-4-10-28-18)21(27)23-12-15-8-9-25(13-15)17-6-3-5-16(22)11-17/h3-7,10-11,14-15,19H,8-9,12-13H2,1-2H3,(H,23,27)(H,24,26). The molecule has 28 heavy (non-hydrogen) atoms. The minimum atomic E-state index is -0.530. The number of thiophene rings is 1. The zero-order chi connectivity index (χ0) is 20.1. The Morgan fingerprint density at radius 2 is 2.11 bits per heavy atom. The highest BCUT2D eigenvalue weighted by molar-refractivity contribution is 9.10. The average Bonchev–Trinajstić information content (AvgIpc) is 3.35. The van der Waals surface area contributed by atoms with Gasteiger partial charge in [0.1, 0.15) is 6.04 Å². The zero-order valence-electron chi connectivity index (χ0n) is 16.2. The molecular weight excluding hydrogens is 438 g/mol. The molecular formula is C21H26BrN3O2S. The van der Waals surface area contributed by atoms with Gasteiger partial charge in [-0.3, -0.25) is 9.59 Å². The molecule has 2 heterocycles. The van der Waals surface area contributed by atoms with Gasteiger partial charge in [0.2, 0.25) is 5.91 Å². The Balaban J connectivity index is 1.51. The van der Waals surface area contributed by atoms with Crippen LogP contribution in [0.15, 0.2) is 46.3 Å². The lowest BCUT2D eigenvalue weighted by Crippen LogP contribution is -2.50. The molecule has 0 spiro atoms. The number of carbonyl (C=O) groups excluding carboxylic acids is 2. The number of hydrogen-bond donors (Lipinski definition) is 2. The first-order valence-electron chi connectivity index (χ1n) is 9.56. The second-order valence-corrected chi connectivity index (χ2v) is 9.36. The number of benzene rings is 1. The van der Waals surface area contributed by atoms with Gasteiger partial charge in [0.05, 0.1) is 4.88 Å². The van der Waals surface area contributed by atoms with Crippen LogP contribution in [0.4, 0.5) is 5.69 Å². The Morgan fingerprint density at radius 3 is 2.79 bits per heavy atom. The van der Waals surface area contributed by atoms with Crippen LogP contribution in [0.1, 0.15) is 29.9 Å². The highest BCUT2D eigenvalue weighted by Crippen LogP contribution is 2.26. The maximum atomic E-state index is 12.7. The molecule has 1 fully saturated rings. The molecule has 1 aromatic carbocycles. The van der Waals surface area contributed by atoms with Crippen molar-refractivity contribution in [2.24, 2.45) is 11.8 Å². The van der Waals surface area contributed by atoms with Crippen molar-refractivity contribution in [2.45, 2.75) is 26.3 Å². The van der Waals surface area contributed by atoms with Crippen molar-refractivity contribution in [3.05, 3.63) is 51.1 Å². The number of hydrogen-bond acceptors (Lipinski definition) is 4. The van der Waals surface area contributed by atoms with Crippen LogP contribution in [0.25, 0.3) is 0 Å². The number of rotatable bonds is 7. The molecule has 0 bridgehead atoms. The van der Waals surface area contributed by atoms with Crippen LogP contribution in [0.5, 0.6) is 0 Å². The first-order valence-corrected chi connectivity index (χ1v) is 11.2. The van der Waals surface area contributed by atoms with Gasteiger partial charge in [0.25, 0.3) is 5.91 Å². The number of nitrogens with one attached hydrogen (secondary N) is 2. The lowest BCUT2D eigenvalue weighted by Gasteiger charge is -2.23. The molecule has 0 radical (unpaired) electrons. The van der Waals surface area contributed by atoms with Gasteiger partial charge in [-0.1, -0.05) is 41.9 Å². The fourth-order valence-corrected chi connectivity index (χ4v) is 4.43. The normalized spacial score (nSPS) is 17.6. The van der Waals surface area contributed by atoms with Crippen molar-refractivity contribution in [3.63, 3.8) is 0 Å². The van der Waals surface area contributed by atoms with Gasteiger partial charge in [-0.15, -0.1) is 11.3 Å². The number of carbonyl (C=O) groups is 2. The van der Waals surface area contributed by atoms with Gasteiger partial charge in [-0.2, -0.15) is 0 Å². The minimum absolute atomic E-state index is 0.0191. The zero-order valence-corrected chi connectivity index (χ0v) is 18.6. The largest absolute Gasteiger partial charge is 0.371 e. The van der Waals surface area contributed by atoms with Gasteiger partial charge in [0, 0.05) is 29.8 Å². The topological polar surface area (TPSA) is 61.4 Å². The van der Waals surface area contributed by atoms with Crippen LogP contribution in [0.2, 0.25) is 0 Å². The number of nitrogens with zero attached hydrogens (tertiary/aromatic N) is 1. The Hall–Kier alpha value is -1.86. The predicted molar refractivity (Wildman–Crippen MR) is 118 cm³/mol. The van der Waals surface area contributed by atoms with Crippen LogP contribution in [0, 0.1) is 11.8 Å². The molecule has 150 valence electrons. The average molecular weight is 464 g/mol. The van der Waals surface area contributed by atoms with E-state index < -0.39 is 6.04 Å². The molecule has 2 aromatic rings. The van der Waals surface area contributed by atoms with Crippen LogP contribution in [-0.4, -0.2) is 37.5 Å². The summed E-state index contributed by atoms with van der Waals surface area (Å²) < 4.78 is 1.07. The van der Waals surface area contributed by atoms with E-state index in [2.05, 4.69) is 43.6 Å². The first kappa shape index (κ1) is 20.9. The Labute approximate surface area is 178 Å². The van der Waals surface area contributed by atoms with Crippen LogP contribution in [0.3, 0.4) is 0 Å². The molecule has 2 N–H and O–H groups in total. The Bertz CT molecular complexity index is 810. The molecule has 7 heteroatoms. The number of anilines is 1. The first-order chi connectivity index (χ1) is 13.4. The number of halogens is 1. The van der Waals surface area contributed by atoms with Crippen molar-refractivity contribution in [1.82, 2.24) is 10.6 Å².